The molecule has 6 rings (SSSR count). The molecule has 71 heavy (non-hydrogen) atoms. The maximum atomic E-state index is 15.4. The molecular formula is C55H77N9O7. The number of carbonyl (C=O) groups excluding carboxylic acids is 7. The quantitative estimate of drug-likeness (QED) is 0.106. The number of para-hydroxylation sites is 1. The van der Waals surface area contributed by atoms with Crippen LogP contribution in [-0.4, -0.2) is 129 Å². The van der Waals surface area contributed by atoms with Crippen LogP contribution in [0.2, 0.25) is 0 Å². The van der Waals surface area contributed by atoms with Gasteiger partial charge in [-0.25, -0.2) is 0 Å². The van der Waals surface area contributed by atoms with E-state index in [1.54, 1.807) is 6.92 Å². The number of nitrogens with zero attached hydrogens (tertiary/aromatic N) is 4. The molecule has 2 aromatic heterocycles. The molecule has 16 nitrogen and oxygen atoms in total. The van der Waals surface area contributed by atoms with Crippen molar-refractivity contribution in [3.63, 3.8) is 0 Å². The smallest absolute Gasteiger partial charge is 0.246 e. The zero-order valence-electron chi connectivity index (χ0n) is 43.5. The van der Waals surface area contributed by atoms with Crippen molar-refractivity contribution >= 4 is 63.2 Å². The van der Waals surface area contributed by atoms with E-state index in [1.807, 2.05) is 115 Å². The highest BCUT2D eigenvalue weighted by molar-refractivity contribution is 5.99. The number of rotatable bonds is 13. The fourth-order valence-electron chi connectivity index (χ4n) is 10.1. The molecule has 5 N–H and O–H groups in total. The fourth-order valence-corrected chi connectivity index (χ4v) is 10.1. The summed E-state index contributed by atoms with van der Waals surface area (Å²) in [5.74, 6) is -3.89. The summed E-state index contributed by atoms with van der Waals surface area (Å²) >= 11 is 0. The third-order valence-corrected chi connectivity index (χ3v) is 14.3. The Morgan fingerprint density at radius 2 is 1.39 bits per heavy atom. The van der Waals surface area contributed by atoms with Crippen molar-refractivity contribution < 1.29 is 33.6 Å². The summed E-state index contributed by atoms with van der Waals surface area (Å²) in [6, 6.07) is 7.83. The van der Waals surface area contributed by atoms with Gasteiger partial charge in [0.05, 0.1) is 5.54 Å². The molecule has 384 valence electrons. The Morgan fingerprint density at radius 1 is 0.746 bits per heavy atom. The second kappa shape index (κ2) is 23.2. The number of amides is 7. The van der Waals surface area contributed by atoms with Crippen LogP contribution in [0.5, 0.6) is 0 Å². The van der Waals surface area contributed by atoms with Gasteiger partial charge in [0.15, 0.2) is 0 Å². The van der Waals surface area contributed by atoms with Crippen LogP contribution < -0.4 is 21.3 Å². The van der Waals surface area contributed by atoms with E-state index in [2.05, 4.69) is 37.4 Å². The molecule has 0 saturated carbocycles. The van der Waals surface area contributed by atoms with Gasteiger partial charge < -0.3 is 45.5 Å². The minimum atomic E-state index is -1.22. The normalized spacial score (nSPS) is 24.0. The maximum absolute atomic E-state index is 15.4. The number of nitrogens with one attached hydrogen (secondary N) is 5. The van der Waals surface area contributed by atoms with Gasteiger partial charge in [0.2, 0.25) is 41.4 Å². The first-order valence-electron chi connectivity index (χ1n) is 25.5. The van der Waals surface area contributed by atoms with Crippen LogP contribution in [0.3, 0.4) is 0 Å². The minimum absolute atomic E-state index is 0.0235. The van der Waals surface area contributed by atoms with Crippen LogP contribution >= 0.6 is 0 Å². The zero-order chi connectivity index (χ0) is 51.9. The first-order valence-corrected chi connectivity index (χ1v) is 25.5. The lowest BCUT2D eigenvalue weighted by Gasteiger charge is -2.41. The van der Waals surface area contributed by atoms with E-state index in [1.165, 1.54) is 28.8 Å². The third kappa shape index (κ3) is 12.5. The number of fused-ring (bicyclic) bond motifs is 4. The Morgan fingerprint density at radius 3 is 2.08 bits per heavy atom. The number of H-pyrrole nitrogens is 1. The van der Waals surface area contributed by atoms with Crippen LogP contribution in [0.15, 0.2) is 73.6 Å². The van der Waals surface area contributed by atoms with Gasteiger partial charge in [-0.1, -0.05) is 77.8 Å². The molecular weight excluding hydrogens is 899 g/mol. The highest BCUT2D eigenvalue weighted by Crippen LogP contribution is 2.30. The number of aromatic amines is 1. The average Bonchev–Trinajstić information content (AvgIpc) is 3.97. The van der Waals surface area contributed by atoms with Gasteiger partial charge in [-0.15, -0.1) is 6.58 Å². The fraction of sp³-hybridized carbons (Fsp3) is 0.545. The topological polar surface area (TPSA) is 198 Å². The molecule has 2 fully saturated rings. The summed E-state index contributed by atoms with van der Waals surface area (Å²) in [5.41, 5.74) is 2.79. The predicted molar refractivity (Wildman–Crippen MR) is 277 cm³/mol. The SMILES string of the molecule is C=CC(C)(C)n1cc(C[C@@H]2NC(=O)[C@H](CCCC)NC(=O)[C@H](CC(C)C)N3CCC[C@@H](C3=O)N(C)C(=O)[C@H](C)NC(=O)[C@H](Cc3ccc4[nH]ccc4c3)NC(=O)[C@H](CC(C)C)N(C)C2=O)c2ccccc21. The number of allylic oxidation sites excluding steroid dienone is 1. The monoisotopic (exact) mass is 976 g/mol. The first-order chi connectivity index (χ1) is 33.6. The summed E-state index contributed by atoms with van der Waals surface area (Å²) in [4.78, 5) is 111. The first kappa shape index (κ1) is 53.9. The Kier molecular flexibility index (Phi) is 17.6. The summed E-state index contributed by atoms with van der Waals surface area (Å²) in [7, 11) is 3.06. The molecule has 16 heteroatoms. The number of likely N-dealkylation sites (N-methyl/N-ethyl adjacent to an activating group) is 2. The van der Waals surface area contributed by atoms with Gasteiger partial charge in [-0.05, 0) is 105 Å². The largest absolute Gasteiger partial charge is 0.361 e. The molecule has 0 radical (unpaired) electrons. The van der Waals surface area contributed by atoms with Crippen molar-refractivity contribution in [3.8, 4) is 0 Å². The Balaban J connectivity index is 1.48. The van der Waals surface area contributed by atoms with E-state index in [4.69, 9.17) is 0 Å². The number of benzene rings is 2. The van der Waals surface area contributed by atoms with Crippen LogP contribution in [0.25, 0.3) is 21.8 Å². The molecule has 2 saturated heterocycles. The third-order valence-electron chi connectivity index (χ3n) is 14.3. The summed E-state index contributed by atoms with van der Waals surface area (Å²) in [5, 5.41) is 13.7. The molecule has 4 heterocycles. The van der Waals surface area contributed by atoms with E-state index in [0.717, 1.165) is 39.4 Å². The average molecular weight is 976 g/mol. The number of carbonyl (C=O) groups is 7. The van der Waals surface area contributed by atoms with Gasteiger partial charge in [0.25, 0.3) is 0 Å². The van der Waals surface area contributed by atoms with Crippen molar-refractivity contribution in [2.45, 2.75) is 161 Å². The second-order valence-electron chi connectivity index (χ2n) is 21.1. The molecule has 4 aromatic rings. The molecule has 7 amide bonds. The Hall–Kier alpha value is -6.45. The van der Waals surface area contributed by atoms with E-state index in [9.17, 15) is 28.8 Å². The van der Waals surface area contributed by atoms with Crippen LogP contribution in [0, 0.1) is 11.8 Å². The van der Waals surface area contributed by atoms with Crippen molar-refractivity contribution in [2.24, 2.45) is 11.8 Å². The Bertz CT molecular complexity index is 2600. The number of aromatic nitrogens is 2. The molecule has 2 aliphatic heterocycles. The van der Waals surface area contributed by atoms with E-state index >= 15 is 4.79 Å². The van der Waals surface area contributed by atoms with Gasteiger partial charge in [0, 0.05) is 62.3 Å². The van der Waals surface area contributed by atoms with E-state index in [-0.39, 0.29) is 44.1 Å². The molecule has 7 atom stereocenters. The van der Waals surface area contributed by atoms with Crippen molar-refractivity contribution in [1.82, 2.24) is 45.5 Å². The summed E-state index contributed by atoms with van der Waals surface area (Å²) < 4.78 is 2.08. The molecule has 2 bridgehead atoms. The van der Waals surface area contributed by atoms with Gasteiger partial charge in [0.1, 0.15) is 42.3 Å². The number of hydrogen-bond acceptors (Lipinski definition) is 7. The summed E-state index contributed by atoms with van der Waals surface area (Å²) in [6.45, 7) is 19.7. The molecule has 0 spiro atoms. The lowest BCUT2D eigenvalue weighted by Crippen LogP contribution is -2.62. The maximum Gasteiger partial charge on any atom is 0.246 e. The highest BCUT2D eigenvalue weighted by Gasteiger charge is 2.43. The number of unbranched alkanes of at least 4 members (excludes halogenated alkanes) is 1. The second-order valence-corrected chi connectivity index (χ2v) is 21.1. The van der Waals surface area contributed by atoms with E-state index < -0.39 is 89.2 Å². The standard InChI is InChI=1S/C55H77N9O7/c1-12-14-19-41-48(65)60-43(31-38-32-64(55(8,9)13-2)44-20-16-15-18-39(38)44)53(70)62(11)46(27-33(3)4)50(67)59-42(30-36-22-23-40-37(29-36)24-25-56-40)49(66)57-35(7)52(69)61(10)45-21-17-26-63(54(45)71)47(28-34(5)6)51(68)58-41/h13,15-16,18,20,22-25,29,32-35,41-43,45-47,56H,2,12,14,17,19,21,26-28,30-31H2,1,3-11H3,(H,57,66)(H,58,68)(H,59,67)(H,60,65)/t35-,41-,42-,43-,45-,46-,47-/m0/s1. The lowest BCUT2D eigenvalue weighted by molar-refractivity contribution is -0.153. The van der Waals surface area contributed by atoms with Gasteiger partial charge in [-0.2, -0.15) is 0 Å². The molecule has 0 aliphatic carbocycles. The van der Waals surface area contributed by atoms with Crippen LogP contribution in [-0.2, 0) is 51.9 Å². The van der Waals surface area contributed by atoms with Crippen molar-refractivity contribution in [3.05, 3.63) is 84.7 Å². The van der Waals surface area contributed by atoms with Crippen LogP contribution in [0.1, 0.15) is 111 Å². The summed E-state index contributed by atoms with van der Waals surface area (Å²) in [6.07, 6.45) is 8.63. The Labute approximate surface area is 419 Å². The molecule has 2 aliphatic rings. The molecule has 2 aromatic carbocycles. The van der Waals surface area contributed by atoms with Gasteiger partial charge in [-0.3, -0.25) is 33.6 Å². The van der Waals surface area contributed by atoms with E-state index in [0.29, 0.717) is 25.7 Å². The van der Waals surface area contributed by atoms with Crippen LogP contribution in [0.4, 0.5) is 0 Å². The lowest BCUT2D eigenvalue weighted by atomic mass is 9.95. The zero-order valence-corrected chi connectivity index (χ0v) is 43.5. The number of hydrogen-bond donors (Lipinski definition) is 5. The predicted octanol–water partition coefficient (Wildman–Crippen LogP) is 5.73. The van der Waals surface area contributed by atoms with Crippen molar-refractivity contribution in [1.29, 1.82) is 0 Å². The molecule has 0 unspecified atom stereocenters. The highest BCUT2D eigenvalue weighted by atomic mass is 16.2. The number of piperidine rings is 1. The van der Waals surface area contributed by atoms with Crippen molar-refractivity contribution in [2.75, 3.05) is 20.6 Å². The van der Waals surface area contributed by atoms with Gasteiger partial charge >= 0.3 is 0 Å². The minimum Gasteiger partial charge on any atom is -0.361 e.